The molecule has 1 aliphatic heterocycles. The fourth-order valence-electron chi connectivity index (χ4n) is 1.86. The summed E-state index contributed by atoms with van der Waals surface area (Å²) < 4.78 is 0. The Kier molecular flexibility index (Phi) is 2.62. The third-order valence-corrected chi connectivity index (χ3v) is 3.66. The van der Waals surface area contributed by atoms with Gasteiger partial charge in [-0.25, -0.2) is 0 Å². The van der Waals surface area contributed by atoms with E-state index in [1.807, 2.05) is 18.4 Å². The Morgan fingerprint density at radius 3 is 3.00 bits per heavy atom. The lowest BCUT2D eigenvalue weighted by molar-refractivity contribution is -0.0974. The molecule has 1 aromatic heterocycles. The number of hydrogen-bond acceptors (Lipinski definition) is 4. The fraction of sp³-hybridized carbons (Fsp3) is 0.600. The van der Waals surface area contributed by atoms with E-state index in [0.29, 0.717) is 13.0 Å². The maximum atomic E-state index is 10.3. The normalized spacial score (nSPS) is 33.2. The van der Waals surface area contributed by atoms with Crippen LogP contribution in [0.3, 0.4) is 0 Å². The minimum atomic E-state index is -1.05. The molecule has 78 valence electrons. The average molecular weight is 213 g/mol. The second-order valence-corrected chi connectivity index (χ2v) is 4.96. The van der Waals surface area contributed by atoms with Crippen LogP contribution in [-0.2, 0) is 5.60 Å². The van der Waals surface area contributed by atoms with E-state index in [2.05, 4.69) is 5.32 Å². The summed E-state index contributed by atoms with van der Waals surface area (Å²) in [7, 11) is 0. The minimum Gasteiger partial charge on any atom is -0.388 e. The minimum absolute atomic E-state index is 0.464. The third kappa shape index (κ3) is 1.59. The summed E-state index contributed by atoms with van der Waals surface area (Å²) in [5.41, 5.74) is -0.190. The SMILES string of the molecule is Cc1cc([C@@]2(O)CCNC[C@@H]2O)cs1. The highest BCUT2D eigenvalue weighted by atomic mass is 32.1. The standard InChI is InChI=1S/C10H15NO2S/c1-7-4-8(6-14-7)10(13)2-3-11-5-9(10)12/h4,6,9,11-13H,2-3,5H2,1H3/t9-,10-/m0/s1. The first-order chi connectivity index (χ1) is 6.63. The summed E-state index contributed by atoms with van der Waals surface area (Å²) in [5.74, 6) is 0. The first kappa shape index (κ1) is 10.1. The van der Waals surface area contributed by atoms with E-state index in [9.17, 15) is 10.2 Å². The molecule has 2 heterocycles. The molecule has 0 saturated carbocycles. The third-order valence-electron chi connectivity index (χ3n) is 2.80. The number of aliphatic hydroxyl groups is 2. The van der Waals surface area contributed by atoms with E-state index < -0.39 is 11.7 Å². The van der Waals surface area contributed by atoms with E-state index >= 15 is 0 Å². The summed E-state index contributed by atoms with van der Waals surface area (Å²) in [6, 6.07) is 1.96. The van der Waals surface area contributed by atoms with Crippen molar-refractivity contribution in [2.75, 3.05) is 13.1 Å². The molecule has 2 rings (SSSR count). The van der Waals surface area contributed by atoms with Gasteiger partial charge in [-0.15, -0.1) is 11.3 Å². The Hall–Kier alpha value is -0.420. The largest absolute Gasteiger partial charge is 0.388 e. The van der Waals surface area contributed by atoms with Crippen LogP contribution in [-0.4, -0.2) is 29.4 Å². The summed E-state index contributed by atoms with van der Waals surface area (Å²) in [4.78, 5) is 1.17. The maximum absolute atomic E-state index is 10.3. The monoisotopic (exact) mass is 213 g/mol. The van der Waals surface area contributed by atoms with Crippen molar-refractivity contribution in [3.8, 4) is 0 Å². The first-order valence-corrected chi connectivity index (χ1v) is 5.67. The highest BCUT2D eigenvalue weighted by molar-refractivity contribution is 7.10. The van der Waals surface area contributed by atoms with Crippen molar-refractivity contribution in [3.05, 3.63) is 21.9 Å². The van der Waals surface area contributed by atoms with Crippen molar-refractivity contribution >= 4 is 11.3 Å². The predicted molar refractivity (Wildman–Crippen MR) is 56.4 cm³/mol. The molecule has 0 radical (unpaired) electrons. The molecule has 14 heavy (non-hydrogen) atoms. The van der Waals surface area contributed by atoms with Crippen molar-refractivity contribution in [2.45, 2.75) is 25.0 Å². The molecule has 1 aliphatic rings. The van der Waals surface area contributed by atoms with Crippen LogP contribution in [0.4, 0.5) is 0 Å². The highest BCUT2D eigenvalue weighted by Gasteiger charge is 2.39. The number of aryl methyl sites for hydroxylation is 1. The van der Waals surface area contributed by atoms with Gasteiger partial charge in [0.05, 0.1) is 6.10 Å². The second kappa shape index (κ2) is 3.62. The summed E-state index contributed by atoms with van der Waals surface area (Å²) in [5, 5.41) is 25.1. The Morgan fingerprint density at radius 2 is 2.43 bits per heavy atom. The first-order valence-electron chi connectivity index (χ1n) is 4.80. The van der Waals surface area contributed by atoms with Crippen molar-refractivity contribution in [1.29, 1.82) is 0 Å². The van der Waals surface area contributed by atoms with Crippen molar-refractivity contribution in [2.24, 2.45) is 0 Å². The van der Waals surface area contributed by atoms with Crippen LogP contribution in [0.25, 0.3) is 0 Å². The maximum Gasteiger partial charge on any atom is 0.119 e. The van der Waals surface area contributed by atoms with Gasteiger partial charge in [0.15, 0.2) is 0 Å². The molecule has 3 N–H and O–H groups in total. The number of piperidine rings is 1. The van der Waals surface area contributed by atoms with E-state index in [-0.39, 0.29) is 0 Å². The lowest BCUT2D eigenvalue weighted by atomic mass is 9.84. The van der Waals surface area contributed by atoms with Gasteiger partial charge in [-0.2, -0.15) is 0 Å². The van der Waals surface area contributed by atoms with Crippen LogP contribution in [0, 0.1) is 6.92 Å². The smallest absolute Gasteiger partial charge is 0.119 e. The summed E-state index contributed by atoms with van der Waals surface area (Å²) >= 11 is 1.61. The van der Waals surface area contributed by atoms with E-state index in [1.165, 1.54) is 4.88 Å². The zero-order valence-corrected chi connectivity index (χ0v) is 8.97. The van der Waals surface area contributed by atoms with Gasteiger partial charge in [0.2, 0.25) is 0 Å². The molecule has 1 aromatic rings. The zero-order chi connectivity index (χ0) is 10.2. The van der Waals surface area contributed by atoms with Gasteiger partial charge in [0.25, 0.3) is 0 Å². The van der Waals surface area contributed by atoms with Crippen molar-refractivity contribution in [3.63, 3.8) is 0 Å². The molecule has 0 aliphatic carbocycles. The van der Waals surface area contributed by atoms with Gasteiger partial charge in [-0.05, 0) is 36.9 Å². The van der Waals surface area contributed by atoms with Gasteiger partial charge < -0.3 is 15.5 Å². The number of aliphatic hydroxyl groups excluding tert-OH is 1. The van der Waals surface area contributed by atoms with Gasteiger partial charge in [0, 0.05) is 11.4 Å². The topological polar surface area (TPSA) is 52.5 Å². The zero-order valence-electron chi connectivity index (χ0n) is 8.16. The molecule has 3 nitrogen and oxygen atoms in total. The Balaban J connectivity index is 2.29. The molecule has 0 amide bonds. The Morgan fingerprint density at radius 1 is 1.64 bits per heavy atom. The fourth-order valence-corrected chi connectivity index (χ4v) is 2.64. The van der Waals surface area contributed by atoms with E-state index in [4.69, 9.17) is 0 Å². The second-order valence-electron chi connectivity index (χ2n) is 3.84. The van der Waals surface area contributed by atoms with Crippen LogP contribution >= 0.6 is 11.3 Å². The predicted octanol–water partition coefficient (Wildman–Crippen LogP) is 0.598. The van der Waals surface area contributed by atoms with Crippen molar-refractivity contribution in [1.82, 2.24) is 5.32 Å². The number of rotatable bonds is 1. The molecule has 1 fully saturated rings. The molecule has 1 saturated heterocycles. The molecule has 0 unspecified atom stereocenters. The number of hydrogen-bond donors (Lipinski definition) is 3. The van der Waals surface area contributed by atoms with Crippen LogP contribution in [0.2, 0.25) is 0 Å². The summed E-state index contributed by atoms with van der Waals surface area (Å²) in [6.45, 7) is 3.22. The lowest BCUT2D eigenvalue weighted by Crippen LogP contribution is -2.51. The van der Waals surface area contributed by atoms with Gasteiger partial charge in [0.1, 0.15) is 5.60 Å². The lowest BCUT2D eigenvalue weighted by Gasteiger charge is -2.36. The summed E-state index contributed by atoms with van der Waals surface area (Å²) in [6.07, 6.45) is -0.130. The van der Waals surface area contributed by atoms with Gasteiger partial charge in [-0.3, -0.25) is 0 Å². The molecular formula is C10H15NO2S. The van der Waals surface area contributed by atoms with E-state index in [0.717, 1.165) is 12.1 Å². The van der Waals surface area contributed by atoms with Gasteiger partial charge >= 0.3 is 0 Å². The Bertz CT molecular complexity index is 326. The average Bonchev–Trinajstić information content (AvgIpc) is 2.58. The molecule has 0 spiro atoms. The molecule has 4 heteroatoms. The van der Waals surface area contributed by atoms with Crippen LogP contribution in [0.1, 0.15) is 16.9 Å². The van der Waals surface area contributed by atoms with Gasteiger partial charge in [-0.1, -0.05) is 0 Å². The Labute approximate surface area is 87.4 Å². The molecule has 0 bridgehead atoms. The van der Waals surface area contributed by atoms with Crippen LogP contribution in [0.15, 0.2) is 11.4 Å². The molecular weight excluding hydrogens is 198 g/mol. The van der Waals surface area contributed by atoms with Crippen molar-refractivity contribution < 1.29 is 10.2 Å². The molecule has 0 aromatic carbocycles. The highest BCUT2D eigenvalue weighted by Crippen LogP contribution is 2.33. The van der Waals surface area contributed by atoms with Crippen LogP contribution < -0.4 is 5.32 Å². The van der Waals surface area contributed by atoms with E-state index in [1.54, 1.807) is 11.3 Å². The molecule has 2 atom stereocenters. The number of nitrogens with one attached hydrogen (secondary N) is 1. The number of β-amino-alcohol motifs (C(OH)–C–C–N with tert-alkyl or cyclic N) is 1. The van der Waals surface area contributed by atoms with Crippen LogP contribution in [0.5, 0.6) is 0 Å². The quantitative estimate of drug-likeness (QED) is 0.640. The number of thiophene rings is 1.